The highest BCUT2D eigenvalue weighted by molar-refractivity contribution is 5.83. The van der Waals surface area contributed by atoms with E-state index < -0.39 is 5.67 Å². The van der Waals surface area contributed by atoms with Crippen LogP contribution in [0.5, 0.6) is 0 Å². The van der Waals surface area contributed by atoms with Crippen molar-refractivity contribution in [1.82, 2.24) is 10.2 Å². The SMILES string of the molecule is CC(C)(C)CCN1CCC(F)(CNC(=O)C23CC4CC(CC(C4)C2)C3)CC1. The zero-order chi connectivity index (χ0) is 19.3. The van der Waals surface area contributed by atoms with E-state index in [-0.39, 0.29) is 17.9 Å². The Hall–Kier alpha value is -0.640. The van der Waals surface area contributed by atoms with Gasteiger partial charge in [-0.05, 0) is 87.5 Å². The maximum Gasteiger partial charge on any atom is 0.226 e. The Kier molecular flexibility index (Phi) is 5.10. The van der Waals surface area contributed by atoms with Crippen molar-refractivity contribution in [3.8, 4) is 0 Å². The molecule has 0 aromatic heterocycles. The lowest BCUT2D eigenvalue weighted by Crippen LogP contribution is -2.56. The first kappa shape index (κ1) is 19.7. The predicted octanol–water partition coefficient (Wildman–Crippen LogP) is 4.56. The van der Waals surface area contributed by atoms with E-state index in [2.05, 4.69) is 31.0 Å². The van der Waals surface area contributed by atoms with Crippen molar-refractivity contribution >= 4 is 5.91 Å². The molecular formula is C23H39FN2O. The fraction of sp³-hybridized carbons (Fsp3) is 0.957. The monoisotopic (exact) mass is 378 g/mol. The van der Waals surface area contributed by atoms with Gasteiger partial charge in [0.05, 0.1) is 6.54 Å². The molecule has 27 heavy (non-hydrogen) atoms. The molecule has 0 spiro atoms. The summed E-state index contributed by atoms with van der Waals surface area (Å²) in [7, 11) is 0. The first-order valence-electron chi connectivity index (χ1n) is 11.3. The van der Waals surface area contributed by atoms with E-state index in [1.807, 2.05) is 0 Å². The van der Waals surface area contributed by atoms with Crippen LogP contribution in [0.1, 0.15) is 78.6 Å². The van der Waals surface area contributed by atoms with Crippen LogP contribution in [0.3, 0.4) is 0 Å². The average molecular weight is 379 g/mol. The fourth-order valence-electron chi connectivity index (χ4n) is 6.66. The van der Waals surface area contributed by atoms with Crippen molar-refractivity contribution in [3.63, 3.8) is 0 Å². The van der Waals surface area contributed by atoms with Crippen molar-refractivity contribution in [1.29, 1.82) is 0 Å². The molecule has 0 atom stereocenters. The molecule has 5 fully saturated rings. The number of amides is 1. The molecule has 4 heteroatoms. The van der Waals surface area contributed by atoms with Gasteiger partial charge >= 0.3 is 0 Å². The second-order valence-corrected chi connectivity index (χ2v) is 11.7. The summed E-state index contributed by atoms with van der Waals surface area (Å²) >= 11 is 0. The average Bonchev–Trinajstić information content (AvgIpc) is 2.57. The third-order valence-electron chi connectivity index (χ3n) is 8.02. The van der Waals surface area contributed by atoms with Crippen molar-refractivity contribution in [2.75, 3.05) is 26.2 Å². The van der Waals surface area contributed by atoms with Gasteiger partial charge in [0.2, 0.25) is 5.91 Å². The molecule has 154 valence electrons. The van der Waals surface area contributed by atoms with Crippen LogP contribution in [-0.4, -0.2) is 42.7 Å². The number of carbonyl (C=O) groups excluding carboxylic acids is 1. The molecule has 1 amide bonds. The molecule has 5 aliphatic rings. The van der Waals surface area contributed by atoms with Crippen molar-refractivity contribution < 1.29 is 9.18 Å². The highest BCUT2D eigenvalue weighted by Crippen LogP contribution is 2.60. The number of nitrogens with one attached hydrogen (secondary N) is 1. The lowest BCUT2D eigenvalue weighted by atomic mass is 9.49. The molecule has 0 radical (unpaired) electrons. The Labute approximate surface area is 164 Å². The minimum atomic E-state index is -1.21. The number of carbonyl (C=O) groups is 1. The summed E-state index contributed by atoms with van der Waals surface area (Å²) in [5.41, 5.74) is -1.04. The first-order chi connectivity index (χ1) is 12.6. The van der Waals surface area contributed by atoms with Gasteiger partial charge in [0, 0.05) is 18.5 Å². The third-order valence-corrected chi connectivity index (χ3v) is 8.02. The number of halogens is 1. The molecular weight excluding hydrogens is 339 g/mol. The second-order valence-electron chi connectivity index (χ2n) is 11.7. The minimum absolute atomic E-state index is 0.154. The number of rotatable bonds is 5. The Morgan fingerprint density at radius 3 is 2.04 bits per heavy atom. The third kappa shape index (κ3) is 4.36. The molecule has 1 aliphatic heterocycles. The zero-order valence-corrected chi connectivity index (χ0v) is 17.7. The molecule has 4 bridgehead atoms. The molecule has 3 nitrogen and oxygen atoms in total. The van der Waals surface area contributed by atoms with Crippen molar-refractivity contribution in [2.45, 2.75) is 84.2 Å². The predicted molar refractivity (Wildman–Crippen MR) is 107 cm³/mol. The Bertz CT molecular complexity index is 524. The maximum atomic E-state index is 15.3. The standard InChI is InChI=1S/C23H39FN2O/c1-21(2,3)4-7-26-8-5-23(24,6-9-26)16-25-20(27)22-13-17-10-18(14-22)12-19(11-17)15-22/h17-19H,4-16H2,1-3H3,(H,25,27). The molecule has 4 aliphatic carbocycles. The zero-order valence-electron chi connectivity index (χ0n) is 17.7. The van der Waals surface area contributed by atoms with Gasteiger partial charge in [0.25, 0.3) is 0 Å². The minimum Gasteiger partial charge on any atom is -0.352 e. The normalized spacial score (nSPS) is 38.1. The van der Waals surface area contributed by atoms with Crippen molar-refractivity contribution in [3.05, 3.63) is 0 Å². The van der Waals surface area contributed by atoms with Gasteiger partial charge in [-0.25, -0.2) is 4.39 Å². The number of alkyl halides is 1. The summed E-state index contributed by atoms with van der Waals surface area (Å²) in [6.45, 7) is 9.70. The molecule has 1 heterocycles. The van der Waals surface area contributed by atoms with Crippen LogP contribution in [0, 0.1) is 28.6 Å². The Morgan fingerprint density at radius 2 is 1.56 bits per heavy atom. The summed E-state index contributed by atoms with van der Waals surface area (Å²) in [5.74, 6) is 2.45. The van der Waals surface area contributed by atoms with E-state index in [0.717, 1.165) is 63.1 Å². The van der Waals surface area contributed by atoms with Crippen LogP contribution in [0.4, 0.5) is 4.39 Å². The van der Waals surface area contributed by atoms with Crippen LogP contribution in [-0.2, 0) is 4.79 Å². The smallest absolute Gasteiger partial charge is 0.226 e. The largest absolute Gasteiger partial charge is 0.352 e. The van der Waals surface area contributed by atoms with Gasteiger partial charge in [-0.2, -0.15) is 0 Å². The molecule has 0 unspecified atom stereocenters. The number of hydrogen-bond donors (Lipinski definition) is 1. The lowest BCUT2D eigenvalue weighted by molar-refractivity contribution is -0.147. The summed E-state index contributed by atoms with van der Waals surface area (Å²) in [6, 6.07) is 0. The van der Waals surface area contributed by atoms with Gasteiger partial charge in [0.1, 0.15) is 5.67 Å². The number of hydrogen-bond acceptors (Lipinski definition) is 2. The lowest BCUT2D eigenvalue weighted by Gasteiger charge is -2.55. The summed E-state index contributed by atoms with van der Waals surface area (Å²) < 4.78 is 15.3. The van der Waals surface area contributed by atoms with E-state index in [1.54, 1.807) is 0 Å². The van der Waals surface area contributed by atoms with E-state index >= 15 is 4.39 Å². The number of likely N-dealkylation sites (tertiary alicyclic amines) is 1. The van der Waals surface area contributed by atoms with Crippen LogP contribution < -0.4 is 5.32 Å². The molecule has 0 aromatic carbocycles. The van der Waals surface area contributed by atoms with E-state index in [1.165, 1.54) is 19.3 Å². The molecule has 4 saturated carbocycles. The molecule has 1 saturated heterocycles. The van der Waals surface area contributed by atoms with Gasteiger partial charge in [-0.15, -0.1) is 0 Å². The number of nitrogens with zero attached hydrogens (tertiary/aromatic N) is 1. The first-order valence-corrected chi connectivity index (χ1v) is 11.3. The Morgan fingerprint density at radius 1 is 1.04 bits per heavy atom. The maximum absolute atomic E-state index is 15.3. The van der Waals surface area contributed by atoms with Crippen LogP contribution in [0.25, 0.3) is 0 Å². The summed E-state index contributed by atoms with van der Waals surface area (Å²) in [6.07, 6.45) is 9.45. The summed E-state index contributed by atoms with van der Waals surface area (Å²) in [4.78, 5) is 15.5. The second kappa shape index (κ2) is 7.00. The molecule has 5 rings (SSSR count). The van der Waals surface area contributed by atoms with Gasteiger partial charge in [-0.3, -0.25) is 4.79 Å². The van der Waals surface area contributed by atoms with E-state index in [4.69, 9.17) is 0 Å². The van der Waals surface area contributed by atoms with Crippen LogP contribution >= 0.6 is 0 Å². The van der Waals surface area contributed by atoms with Gasteiger partial charge in [-0.1, -0.05) is 20.8 Å². The summed E-state index contributed by atoms with van der Waals surface area (Å²) in [5, 5.41) is 3.09. The quantitative estimate of drug-likeness (QED) is 0.761. The van der Waals surface area contributed by atoms with Crippen molar-refractivity contribution in [2.24, 2.45) is 28.6 Å². The van der Waals surface area contributed by atoms with E-state index in [0.29, 0.717) is 18.3 Å². The molecule has 1 N–H and O–H groups in total. The van der Waals surface area contributed by atoms with E-state index in [9.17, 15) is 4.79 Å². The van der Waals surface area contributed by atoms with Gasteiger partial charge < -0.3 is 10.2 Å². The topological polar surface area (TPSA) is 32.3 Å². The molecule has 0 aromatic rings. The fourth-order valence-corrected chi connectivity index (χ4v) is 6.66. The number of piperidine rings is 1. The van der Waals surface area contributed by atoms with Crippen LogP contribution in [0.2, 0.25) is 0 Å². The highest BCUT2D eigenvalue weighted by Gasteiger charge is 2.54. The van der Waals surface area contributed by atoms with Crippen LogP contribution in [0.15, 0.2) is 0 Å². The van der Waals surface area contributed by atoms with Gasteiger partial charge in [0.15, 0.2) is 0 Å². The highest BCUT2D eigenvalue weighted by atomic mass is 19.1. The Balaban J connectivity index is 1.26.